The van der Waals surface area contributed by atoms with E-state index in [0.29, 0.717) is 19.0 Å². The van der Waals surface area contributed by atoms with Gasteiger partial charge in [0.1, 0.15) is 0 Å². The first-order valence-corrected chi connectivity index (χ1v) is 6.27. The summed E-state index contributed by atoms with van der Waals surface area (Å²) in [6, 6.07) is 8.33. The molecule has 1 aromatic rings. The molecule has 0 saturated heterocycles. The number of aryl methyl sites for hydroxylation is 1. The third-order valence-corrected chi connectivity index (χ3v) is 3.40. The van der Waals surface area contributed by atoms with Gasteiger partial charge in [-0.05, 0) is 43.4 Å². The fourth-order valence-electron chi connectivity index (χ4n) is 2.28. The zero-order valence-electron chi connectivity index (χ0n) is 10.7. The Hall–Kier alpha value is -1.06. The van der Waals surface area contributed by atoms with Crippen LogP contribution in [-0.4, -0.2) is 19.0 Å². The molecule has 3 N–H and O–H groups in total. The van der Waals surface area contributed by atoms with Crippen LogP contribution in [0.1, 0.15) is 29.9 Å². The van der Waals surface area contributed by atoms with E-state index in [2.05, 4.69) is 24.4 Å². The van der Waals surface area contributed by atoms with Crippen LogP contribution in [0.3, 0.4) is 0 Å². The largest absolute Gasteiger partial charge is 0.356 e. The normalized spacial score (nSPS) is 21.0. The quantitative estimate of drug-likeness (QED) is 0.803. The maximum absolute atomic E-state index is 11.8. The summed E-state index contributed by atoms with van der Waals surface area (Å²) in [7, 11) is 0. The summed E-state index contributed by atoms with van der Waals surface area (Å²) < 4.78 is 0. The second-order valence-corrected chi connectivity index (χ2v) is 4.74. The molecule has 0 bridgehead atoms. The number of amides is 1. The number of benzene rings is 1. The fraction of sp³-hybridized carbons (Fsp3) is 0.500. The van der Waals surface area contributed by atoms with Gasteiger partial charge in [-0.1, -0.05) is 24.3 Å². The maximum atomic E-state index is 11.8. The summed E-state index contributed by atoms with van der Waals surface area (Å²) in [4.78, 5) is 11.8. The third kappa shape index (κ3) is 3.47. The van der Waals surface area contributed by atoms with E-state index in [4.69, 9.17) is 5.73 Å². The molecule has 1 amide bonds. The molecule has 1 fully saturated rings. The van der Waals surface area contributed by atoms with E-state index < -0.39 is 0 Å². The van der Waals surface area contributed by atoms with Gasteiger partial charge in [0.15, 0.2) is 0 Å². The van der Waals surface area contributed by atoms with Gasteiger partial charge in [0.05, 0.1) is 0 Å². The van der Waals surface area contributed by atoms with Crippen LogP contribution in [0.5, 0.6) is 0 Å². The average Bonchev–Trinajstić information content (AvgIpc) is 3.10. The number of hydrogen-bond donors (Lipinski definition) is 2. The number of nitrogens with two attached hydrogens (primary N) is 1. The van der Waals surface area contributed by atoms with E-state index in [1.165, 1.54) is 11.1 Å². The van der Waals surface area contributed by atoms with Gasteiger partial charge in [0.25, 0.3) is 0 Å². The zero-order chi connectivity index (χ0) is 12.3. The van der Waals surface area contributed by atoms with Crippen molar-refractivity contribution in [2.75, 3.05) is 13.1 Å². The molecule has 4 heteroatoms. The minimum absolute atomic E-state index is 0. The topological polar surface area (TPSA) is 55.1 Å². The number of carbonyl (C=O) groups is 1. The van der Waals surface area contributed by atoms with E-state index in [9.17, 15) is 4.79 Å². The second kappa shape index (κ2) is 6.76. The van der Waals surface area contributed by atoms with Crippen LogP contribution < -0.4 is 11.1 Å². The van der Waals surface area contributed by atoms with Crippen LogP contribution in [0.25, 0.3) is 0 Å². The van der Waals surface area contributed by atoms with Crippen molar-refractivity contribution in [2.24, 2.45) is 11.7 Å². The lowest BCUT2D eigenvalue weighted by atomic mass is 10.0. The van der Waals surface area contributed by atoms with Crippen LogP contribution in [0.2, 0.25) is 0 Å². The SMILES string of the molecule is Cc1ccccc1C1CC1C(=O)NCCCN.Cl. The van der Waals surface area contributed by atoms with E-state index in [1.807, 2.05) is 12.1 Å². The first-order chi connectivity index (χ1) is 8.24. The van der Waals surface area contributed by atoms with Crippen molar-refractivity contribution in [3.8, 4) is 0 Å². The first-order valence-electron chi connectivity index (χ1n) is 6.27. The molecular formula is C14H21ClN2O. The molecule has 18 heavy (non-hydrogen) atoms. The van der Waals surface area contributed by atoms with Gasteiger partial charge in [-0.25, -0.2) is 0 Å². The minimum atomic E-state index is 0. The molecule has 0 aliphatic heterocycles. The van der Waals surface area contributed by atoms with E-state index in [0.717, 1.165) is 12.8 Å². The predicted molar refractivity (Wildman–Crippen MR) is 76.0 cm³/mol. The van der Waals surface area contributed by atoms with Gasteiger partial charge in [0.2, 0.25) is 5.91 Å². The highest BCUT2D eigenvalue weighted by atomic mass is 35.5. The van der Waals surface area contributed by atoms with Gasteiger partial charge in [-0.15, -0.1) is 12.4 Å². The molecule has 3 nitrogen and oxygen atoms in total. The number of carbonyl (C=O) groups excluding carboxylic acids is 1. The number of hydrogen-bond acceptors (Lipinski definition) is 2. The van der Waals surface area contributed by atoms with E-state index >= 15 is 0 Å². The summed E-state index contributed by atoms with van der Waals surface area (Å²) in [6.45, 7) is 3.44. The van der Waals surface area contributed by atoms with Gasteiger partial charge in [-0.2, -0.15) is 0 Å². The van der Waals surface area contributed by atoms with Crippen molar-refractivity contribution < 1.29 is 4.79 Å². The second-order valence-electron chi connectivity index (χ2n) is 4.74. The lowest BCUT2D eigenvalue weighted by Gasteiger charge is -2.05. The number of rotatable bonds is 5. The molecule has 0 spiro atoms. The van der Waals surface area contributed by atoms with Crippen molar-refractivity contribution in [1.82, 2.24) is 5.32 Å². The highest BCUT2D eigenvalue weighted by Gasteiger charge is 2.44. The molecule has 2 rings (SSSR count). The Morgan fingerprint density at radius 2 is 2.17 bits per heavy atom. The van der Waals surface area contributed by atoms with Crippen molar-refractivity contribution in [1.29, 1.82) is 0 Å². The molecule has 1 aliphatic carbocycles. The van der Waals surface area contributed by atoms with Crippen LogP contribution in [0.4, 0.5) is 0 Å². The first kappa shape index (κ1) is 15.0. The van der Waals surface area contributed by atoms with Crippen LogP contribution in [0.15, 0.2) is 24.3 Å². The molecule has 2 atom stereocenters. The average molecular weight is 269 g/mol. The predicted octanol–water partition coefficient (Wildman–Crippen LogP) is 1.99. The Labute approximate surface area is 115 Å². The standard InChI is InChI=1S/C14H20N2O.ClH/c1-10-5-2-3-6-11(10)12-9-13(12)14(17)16-8-4-7-15;/h2-3,5-6,12-13H,4,7-9,15H2,1H3,(H,16,17);1H. The number of halogens is 1. The van der Waals surface area contributed by atoms with Crippen LogP contribution >= 0.6 is 12.4 Å². The Bertz CT molecular complexity index is 409. The highest BCUT2D eigenvalue weighted by molar-refractivity contribution is 5.85. The molecule has 1 aliphatic rings. The van der Waals surface area contributed by atoms with Crippen molar-refractivity contribution in [3.05, 3.63) is 35.4 Å². The zero-order valence-corrected chi connectivity index (χ0v) is 11.5. The number of nitrogens with one attached hydrogen (secondary N) is 1. The van der Waals surface area contributed by atoms with E-state index in [-0.39, 0.29) is 24.2 Å². The molecular weight excluding hydrogens is 248 g/mol. The summed E-state index contributed by atoms with van der Waals surface area (Å²) in [5, 5.41) is 2.95. The Morgan fingerprint density at radius 1 is 1.44 bits per heavy atom. The highest BCUT2D eigenvalue weighted by Crippen LogP contribution is 2.48. The molecule has 0 aromatic heterocycles. The van der Waals surface area contributed by atoms with Crippen molar-refractivity contribution >= 4 is 18.3 Å². The molecule has 0 radical (unpaired) electrons. The molecule has 1 saturated carbocycles. The Balaban J connectivity index is 0.00000162. The molecule has 2 unspecified atom stereocenters. The lowest BCUT2D eigenvalue weighted by molar-refractivity contribution is -0.122. The van der Waals surface area contributed by atoms with Crippen LogP contribution in [0, 0.1) is 12.8 Å². The summed E-state index contributed by atoms with van der Waals surface area (Å²) >= 11 is 0. The van der Waals surface area contributed by atoms with Gasteiger partial charge < -0.3 is 11.1 Å². The smallest absolute Gasteiger partial charge is 0.223 e. The minimum Gasteiger partial charge on any atom is -0.356 e. The molecule has 100 valence electrons. The van der Waals surface area contributed by atoms with Gasteiger partial charge in [-0.3, -0.25) is 4.79 Å². The summed E-state index contributed by atoms with van der Waals surface area (Å²) in [6.07, 6.45) is 1.84. The van der Waals surface area contributed by atoms with E-state index in [1.54, 1.807) is 0 Å². The maximum Gasteiger partial charge on any atom is 0.223 e. The summed E-state index contributed by atoms with van der Waals surface area (Å²) in [5.41, 5.74) is 8.01. The Kier molecular flexibility index (Phi) is 5.63. The molecule has 0 heterocycles. The van der Waals surface area contributed by atoms with Gasteiger partial charge >= 0.3 is 0 Å². The Morgan fingerprint density at radius 3 is 2.83 bits per heavy atom. The monoisotopic (exact) mass is 268 g/mol. The lowest BCUT2D eigenvalue weighted by Crippen LogP contribution is -2.27. The third-order valence-electron chi connectivity index (χ3n) is 3.40. The van der Waals surface area contributed by atoms with Crippen molar-refractivity contribution in [3.63, 3.8) is 0 Å². The molecule has 1 aromatic carbocycles. The van der Waals surface area contributed by atoms with Crippen LogP contribution in [-0.2, 0) is 4.79 Å². The fourth-order valence-corrected chi connectivity index (χ4v) is 2.28. The summed E-state index contributed by atoms with van der Waals surface area (Å²) in [5.74, 6) is 0.787. The van der Waals surface area contributed by atoms with Crippen molar-refractivity contribution in [2.45, 2.75) is 25.7 Å². The van der Waals surface area contributed by atoms with Gasteiger partial charge in [0, 0.05) is 12.5 Å².